The first-order chi connectivity index (χ1) is 8.78. The fourth-order valence-corrected chi connectivity index (χ4v) is 3.41. The fourth-order valence-electron chi connectivity index (χ4n) is 3.41. The molecule has 3 heterocycles. The zero-order valence-corrected chi connectivity index (χ0v) is 11.0. The Kier molecular flexibility index (Phi) is 3.35. The summed E-state index contributed by atoms with van der Waals surface area (Å²) in [6, 6.07) is 1.44. The molecule has 1 aromatic rings. The molecule has 0 spiro atoms. The van der Waals surface area contributed by atoms with Crippen molar-refractivity contribution in [3.05, 3.63) is 11.7 Å². The molecule has 2 aliphatic heterocycles. The normalized spacial score (nSPS) is 32.0. The molecule has 18 heavy (non-hydrogen) atoms. The summed E-state index contributed by atoms with van der Waals surface area (Å²) in [7, 11) is 2.25. The van der Waals surface area contributed by atoms with E-state index in [9.17, 15) is 0 Å². The molecule has 0 radical (unpaired) electrons. The van der Waals surface area contributed by atoms with E-state index in [-0.39, 0.29) is 0 Å². The summed E-state index contributed by atoms with van der Waals surface area (Å²) in [5, 5.41) is 4.17. The second-order valence-corrected chi connectivity index (χ2v) is 5.66. The Balaban J connectivity index is 1.66. The number of piperidine rings is 1. The second kappa shape index (κ2) is 4.97. The maximum atomic E-state index is 5.49. The predicted octanol–water partition coefficient (Wildman–Crippen LogP) is 1.30. The van der Waals surface area contributed by atoms with Crippen molar-refractivity contribution in [1.82, 2.24) is 15.0 Å². The summed E-state index contributed by atoms with van der Waals surface area (Å²) in [6.45, 7) is 0.677. The highest BCUT2D eigenvalue weighted by molar-refractivity contribution is 5.05. The lowest BCUT2D eigenvalue weighted by molar-refractivity contribution is 0.157. The molecule has 2 atom stereocenters. The lowest BCUT2D eigenvalue weighted by atomic mass is 9.90. The molecular weight excluding hydrogens is 228 g/mol. The minimum atomic E-state index is 0.495. The quantitative estimate of drug-likeness (QED) is 0.872. The average molecular weight is 250 g/mol. The topological polar surface area (TPSA) is 68.2 Å². The Morgan fingerprint density at radius 1 is 1.33 bits per heavy atom. The third-order valence-electron chi connectivity index (χ3n) is 4.54. The van der Waals surface area contributed by atoms with Crippen molar-refractivity contribution in [2.24, 2.45) is 5.73 Å². The van der Waals surface area contributed by atoms with E-state index in [0.29, 0.717) is 12.5 Å². The highest BCUT2D eigenvalue weighted by Gasteiger charge is 2.40. The van der Waals surface area contributed by atoms with E-state index in [2.05, 4.69) is 22.1 Å². The van der Waals surface area contributed by atoms with Gasteiger partial charge in [-0.05, 0) is 45.7 Å². The molecular formula is C13H22N4O. The summed E-state index contributed by atoms with van der Waals surface area (Å²) in [4.78, 5) is 7.07. The van der Waals surface area contributed by atoms with Gasteiger partial charge >= 0.3 is 0 Å². The molecule has 2 unspecified atom stereocenters. The highest BCUT2D eigenvalue weighted by atomic mass is 16.5. The number of aromatic nitrogens is 2. The van der Waals surface area contributed by atoms with Gasteiger partial charge in [-0.3, -0.25) is 0 Å². The van der Waals surface area contributed by atoms with Crippen LogP contribution in [0.5, 0.6) is 0 Å². The molecule has 2 N–H and O–H groups in total. The first kappa shape index (κ1) is 12.1. The zero-order chi connectivity index (χ0) is 12.5. The first-order valence-corrected chi connectivity index (χ1v) is 7.02. The van der Waals surface area contributed by atoms with Crippen LogP contribution in [0, 0.1) is 0 Å². The number of rotatable bonds is 4. The fraction of sp³-hybridized carbons (Fsp3) is 0.846. The highest BCUT2D eigenvalue weighted by Crippen LogP contribution is 2.41. The Morgan fingerprint density at radius 3 is 2.72 bits per heavy atom. The van der Waals surface area contributed by atoms with Crippen LogP contribution < -0.4 is 5.73 Å². The Labute approximate surface area is 108 Å². The van der Waals surface area contributed by atoms with Crippen LogP contribution in [-0.4, -0.2) is 40.7 Å². The maximum absolute atomic E-state index is 5.49. The van der Waals surface area contributed by atoms with Gasteiger partial charge < -0.3 is 15.2 Å². The smallest absolute Gasteiger partial charge is 0.226 e. The summed E-state index contributed by atoms with van der Waals surface area (Å²) < 4.78 is 5.31. The lowest BCUT2D eigenvalue weighted by Crippen LogP contribution is -2.39. The number of nitrogens with zero attached hydrogens (tertiary/aromatic N) is 3. The van der Waals surface area contributed by atoms with Crippen molar-refractivity contribution in [3.8, 4) is 0 Å². The number of hydrogen-bond donors (Lipinski definition) is 1. The van der Waals surface area contributed by atoms with E-state index < -0.39 is 0 Å². The van der Waals surface area contributed by atoms with Gasteiger partial charge in [0.15, 0.2) is 5.82 Å². The van der Waals surface area contributed by atoms with Crippen molar-refractivity contribution in [1.29, 1.82) is 0 Å². The largest absolute Gasteiger partial charge is 0.339 e. The van der Waals surface area contributed by atoms with Gasteiger partial charge in [-0.25, -0.2) is 0 Å². The number of aryl methyl sites for hydroxylation is 1. The number of fused-ring (bicyclic) bond motifs is 2. The Morgan fingerprint density at radius 2 is 2.06 bits per heavy atom. The molecule has 3 rings (SSSR count). The van der Waals surface area contributed by atoms with Crippen molar-refractivity contribution in [2.75, 3.05) is 13.6 Å². The van der Waals surface area contributed by atoms with Crippen LogP contribution in [0.1, 0.15) is 49.7 Å². The van der Waals surface area contributed by atoms with E-state index in [1.165, 1.54) is 25.7 Å². The van der Waals surface area contributed by atoms with E-state index >= 15 is 0 Å². The molecule has 2 aliphatic rings. The monoisotopic (exact) mass is 250 g/mol. The van der Waals surface area contributed by atoms with Crippen LogP contribution >= 0.6 is 0 Å². The van der Waals surface area contributed by atoms with Crippen molar-refractivity contribution in [3.63, 3.8) is 0 Å². The third-order valence-corrected chi connectivity index (χ3v) is 4.54. The van der Waals surface area contributed by atoms with Gasteiger partial charge in [0.1, 0.15) is 0 Å². The van der Waals surface area contributed by atoms with Gasteiger partial charge in [-0.2, -0.15) is 4.98 Å². The van der Waals surface area contributed by atoms with Crippen molar-refractivity contribution < 1.29 is 4.52 Å². The molecule has 5 heteroatoms. The predicted molar refractivity (Wildman–Crippen MR) is 68.2 cm³/mol. The van der Waals surface area contributed by atoms with Crippen LogP contribution in [-0.2, 0) is 6.42 Å². The minimum Gasteiger partial charge on any atom is -0.339 e. The van der Waals surface area contributed by atoms with Gasteiger partial charge in [0.05, 0.1) is 0 Å². The second-order valence-electron chi connectivity index (χ2n) is 5.66. The van der Waals surface area contributed by atoms with Gasteiger partial charge in [0, 0.05) is 24.4 Å². The number of hydrogen-bond acceptors (Lipinski definition) is 5. The summed E-state index contributed by atoms with van der Waals surface area (Å²) in [5.41, 5.74) is 5.49. The molecule has 2 saturated heterocycles. The number of nitrogens with two attached hydrogens (primary N) is 1. The van der Waals surface area contributed by atoms with Crippen LogP contribution in [0.2, 0.25) is 0 Å². The molecule has 0 saturated carbocycles. The van der Waals surface area contributed by atoms with E-state index in [4.69, 9.17) is 10.3 Å². The molecule has 2 fully saturated rings. The van der Waals surface area contributed by atoms with Crippen LogP contribution in [0.15, 0.2) is 4.52 Å². The third kappa shape index (κ3) is 2.17. The molecule has 100 valence electrons. The molecule has 1 aromatic heterocycles. The summed E-state index contributed by atoms with van der Waals surface area (Å²) in [6.07, 6.45) is 6.75. The van der Waals surface area contributed by atoms with Gasteiger partial charge in [0.25, 0.3) is 0 Å². The van der Waals surface area contributed by atoms with Crippen molar-refractivity contribution >= 4 is 0 Å². The van der Waals surface area contributed by atoms with Crippen LogP contribution in [0.25, 0.3) is 0 Å². The molecule has 0 amide bonds. The van der Waals surface area contributed by atoms with Gasteiger partial charge in [0.2, 0.25) is 5.89 Å². The Bertz CT molecular complexity index is 391. The van der Waals surface area contributed by atoms with Gasteiger partial charge in [-0.15, -0.1) is 0 Å². The maximum Gasteiger partial charge on any atom is 0.226 e. The molecule has 0 aromatic carbocycles. The minimum absolute atomic E-state index is 0.495. The average Bonchev–Trinajstić information content (AvgIpc) is 2.90. The van der Waals surface area contributed by atoms with Crippen molar-refractivity contribution in [2.45, 2.75) is 56.5 Å². The first-order valence-electron chi connectivity index (χ1n) is 7.02. The lowest BCUT2D eigenvalue weighted by Gasteiger charge is -2.34. The van der Waals surface area contributed by atoms with E-state index in [1.807, 2.05) is 0 Å². The van der Waals surface area contributed by atoms with E-state index in [1.54, 1.807) is 0 Å². The zero-order valence-electron chi connectivity index (χ0n) is 11.0. The molecule has 5 nitrogen and oxygen atoms in total. The van der Waals surface area contributed by atoms with E-state index in [0.717, 1.165) is 36.6 Å². The summed E-state index contributed by atoms with van der Waals surface area (Å²) >= 11 is 0. The summed E-state index contributed by atoms with van der Waals surface area (Å²) in [5.74, 6) is 2.17. The molecule has 2 bridgehead atoms. The SMILES string of the molecule is CN1C2CCC1CC(c1noc(CCCN)n1)C2. The van der Waals surface area contributed by atoms with Crippen LogP contribution in [0.4, 0.5) is 0 Å². The molecule has 0 aliphatic carbocycles. The Hall–Kier alpha value is -0.940. The van der Waals surface area contributed by atoms with Gasteiger partial charge in [-0.1, -0.05) is 5.16 Å². The van der Waals surface area contributed by atoms with Crippen LogP contribution in [0.3, 0.4) is 0 Å². The standard InChI is InChI=1S/C13H22N4O/c1-17-10-4-5-11(17)8-9(7-10)13-15-12(18-16-13)3-2-6-14/h9-11H,2-8,14H2,1H3.